The molecule has 2 amide bonds. The minimum Gasteiger partial charge on any atom is -0.334 e. The lowest BCUT2D eigenvalue weighted by Gasteiger charge is -2.10. The molecule has 0 bridgehead atoms. The monoisotopic (exact) mass is 316 g/mol. The van der Waals surface area contributed by atoms with Crippen molar-refractivity contribution in [3.05, 3.63) is 61.9 Å². The number of carbonyl (C=O) groups is 1. The summed E-state index contributed by atoms with van der Waals surface area (Å²) in [5, 5.41) is 5.32. The number of amides is 2. The largest absolute Gasteiger partial charge is 0.334 e. The number of benzene rings is 1. The van der Waals surface area contributed by atoms with E-state index in [9.17, 15) is 14.4 Å². The van der Waals surface area contributed by atoms with E-state index in [0.29, 0.717) is 11.3 Å². The van der Waals surface area contributed by atoms with E-state index in [1.54, 1.807) is 0 Å². The first-order valence-electron chi connectivity index (χ1n) is 7.34. The molecule has 122 valence electrons. The Bertz CT molecular complexity index is 836. The smallest absolute Gasteiger partial charge is 0.328 e. The summed E-state index contributed by atoms with van der Waals surface area (Å²) < 4.78 is 1.25. The Morgan fingerprint density at radius 1 is 1.26 bits per heavy atom. The second-order valence-corrected chi connectivity index (χ2v) is 5.33. The summed E-state index contributed by atoms with van der Waals surface area (Å²) in [6.07, 6.45) is 2.34. The van der Waals surface area contributed by atoms with E-state index in [1.807, 2.05) is 25.1 Å². The number of nitrogens with zero attached hydrogens (tertiary/aromatic N) is 1. The first kappa shape index (κ1) is 16.5. The molecule has 0 atom stereocenters. The van der Waals surface area contributed by atoms with Crippen molar-refractivity contribution in [2.24, 2.45) is 7.05 Å². The molecule has 2 rings (SSSR count). The Kier molecular flexibility index (Phi) is 5.00. The van der Waals surface area contributed by atoms with E-state index in [1.165, 1.54) is 23.4 Å². The Balaban J connectivity index is 2.00. The van der Waals surface area contributed by atoms with Crippen molar-refractivity contribution in [1.29, 1.82) is 0 Å². The van der Waals surface area contributed by atoms with Gasteiger partial charge in [0.2, 0.25) is 0 Å². The summed E-state index contributed by atoms with van der Waals surface area (Å²) in [4.78, 5) is 37.0. The summed E-state index contributed by atoms with van der Waals surface area (Å²) in [7, 11) is 1.53. The summed E-state index contributed by atoms with van der Waals surface area (Å²) in [5.74, 6) is 0. The zero-order chi connectivity index (χ0) is 17.0. The number of nitrogens with one attached hydrogen (secondary N) is 3. The van der Waals surface area contributed by atoms with Gasteiger partial charge >= 0.3 is 11.7 Å². The zero-order valence-electron chi connectivity index (χ0n) is 13.4. The van der Waals surface area contributed by atoms with Gasteiger partial charge in [-0.3, -0.25) is 9.78 Å². The van der Waals surface area contributed by atoms with Crippen LogP contribution in [0.1, 0.15) is 23.6 Å². The molecule has 0 aliphatic heterocycles. The van der Waals surface area contributed by atoms with Gasteiger partial charge in [0, 0.05) is 18.9 Å². The molecule has 23 heavy (non-hydrogen) atoms. The number of urea groups is 1. The van der Waals surface area contributed by atoms with Crippen LogP contribution in [-0.4, -0.2) is 15.6 Å². The van der Waals surface area contributed by atoms with Gasteiger partial charge in [-0.15, -0.1) is 0 Å². The third kappa shape index (κ3) is 4.09. The maximum Gasteiger partial charge on any atom is 0.328 e. The van der Waals surface area contributed by atoms with Crippen molar-refractivity contribution in [3.63, 3.8) is 0 Å². The minimum atomic E-state index is -0.503. The molecule has 0 saturated carbocycles. The van der Waals surface area contributed by atoms with Gasteiger partial charge in [0.05, 0.1) is 12.1 Å². The molecular weight excluding hydrogens is 296 g/mol. The van der Waals surface area contributed by atoms with E-state index in [-0.39, 0.29) is 6.54 Å². The van der Waals surface area contributed by atoms with Crippen LogP contribution in [0.25, 0.3) is 0 Å². The highest BCUT2D eigenvalue weighted by atomic mass is 16.2. The second kappa shape index (κ2) is 6.95. The van der Waals surface area contributed by atoms with E-state index in [2.05, 4.69) is 22.5 Å². The van der Waals surface area contributed by atoms with Gasteiger partial charge < -0.3 is 15.2 Å². The van der Waals surface area contributed by atoms with Crippen LogP contribution < -0.4 is 21.9 Å². The molecule has 1 aromatic carbocycles. The molecule has 1 aromatic heterocycles. The van der Waals surface area contributed by atoms with Crippen molar-refractivity contribution in [2.75, 3.05) is 5.32 Å². The van der Waals surface area contributed by atoms with Gasteiger partial charge in [-0.2, -0.15) is 0 Å². The molecule has 0 spiro atoms. The first-order valence-corrected chi connectivity index (χ1v) is 7.34. The second-order valence-electron chi connectivity index (χ2n) is 5.33. The highest BCUT2D eigenvalue weighted by molar-refractivity contribution is 5.89. The molecule has 2 aromatic rings. The Labute approximate surface area is 133 Å². The van der Waals surface area contributed by atoms with Crippen molar-refractivity contribution in [1.82, 2.24) is 14.9 Å². The number of aryl methyl sites for hydroxylation is 3. The fourth-order valence-corrected chi connectivity index (χ4v) is 2.26. The molecule has 0 fully saturated rings. The molecule has 0 aliphatic carbocycles. The number of rotatable bonds is 4. The molecule has 7 nitrogen and oxygen atoms in total. The molecule has 0 unspecified atom stereocenters. The molecule has 1 heterocycles. The van der Waals surface area contributed by atoms with Gasteiger partial charge in [0.15, 0.2) is 0 Å². The summed E-state index contributed by atoms with van der Waals surface area (Å²) >= 11 is 0. The van der Waals surface area contributed by atoms with Crippen molar-refractivity contribution in [2.45, 2.75) is 26.8 Å². The number of hydrogen-bond donors (Lipinski definition) is 3. The lowest BCUT2D eigenvalue weighted by Crippen LogP contribution is -2.35. The van der Waals surface area contributed by atoms with Crippen LogP contribution in [0.4, 0.5) is 10.5 Å². The quantitative estimate of drug-likeness (QED) is 0.792. The molecule has 7 heteroatoms. The summed E-state index contributed by atoms with van der Waals surface area (Å²) in [5.41, 5.74) is 2.34. The SMILES string of the molecule is CCc1ccc(NC(=O)NCc2cn(C)c(=O)[nH]c2=O)cc1C. The Morgan fingerprint density at radius 3 is 2.65 bits per heavy atom. The van der Waals surface area contributed by atoms with Gasteiger partial charge in [0.1, 0.15) is 0 Å². The fraction of sp³-hybridized carbons (Fsp3) is 0.312. The third-order valence-electron chi connectivity index (χ3n) is 3.60. The average Bonchev–Trinajstić information content (AvgIpc) is 2.50. The number of carbonyl (C=O) groups excluding carboxylic acids is 1. The number of aromatic nitrogens is 2. The predicted molar refractivity (Wildman–Crippen MR) is 88.7 cm³/mol. The van der Waals surface area contributed by atoms with Crippen LogP contribution in [0.2, 0.25) is 0 Å². The molecule has 0 saturated heterocycles. The third-order valence-corrected chi connectivity index (χ3v) is 3.60. The topological polar surface area (TPSA) is 96.0 Å². The van der Waals surface area contributed by atoms with Crippen molar-refractivity contribution < 1.29 is 4.79 Å². The standard InChI is InChI=1S/C16H20N4O3/c1-4-11-5-6-13(7-10(11)2)18-15(22)17-8-12-9-20(3)16(23)19-14(12)21/h5-7,9H,4,8H2,1-3H3,(H2,17,18,22)(H,19,21,23). The molecule has 0 radical (unpaired) electrons. The van der Waals surface area contributed by atoms with Crippen LogP contribution in [0, 0.1) is 6.92 Å². The Morgan fingerprint density at radius 2 is 2.00 bits per heavy atom. The van der Waals surface area contributed by atoms with E-state index in [4.69, 9.17) is 0 Å². The minimum absolute atomic E-state index is 0.0291. The Hall–Kier alpha value is -2.83. The van der Waals surface area contributed by atoms with Gasteiger partial charge in [-0.1, -0.05) is 13.0 Å². The van der Waals surface area contributed by atoms with Crippen LogP contribution >= 0.6 is 0 Å². The lowest BCUT2D eigenvalue weighted by molar-refractivity contribution is 0.251. The van der Waals surface area contributed by atoms with E-state index >= 15 is 0 Å². The zero-order valence-corrected chi connectivity index (χ0v) is 13.4. The maximum absolute atomic E-state index is 11.9. The highest BCUT2D eigenvalue weighted by Gasteiger charge is 2.06. The van der Waals surface area contributed by atoms with Gasteiger partial charge in [0.25, 0.3) is 5.56 Å². The summed E-state index contributed by atoms with van der Waals surface area (Å²) in [6, 6.07) is 5.30. The van der Waals surface area contributed by atoms with Crippen molar-refractivity contribution in [3.8, 4) is 0 Å². The normalized spacial score (nSPS) is 10.4. The molecule has 0 aliphatic rings. The maximum atomic E-state index is 11.9. The van der Waals surface area contributed by atoms with Gasteiger partial charge in [-0.25, -0.2) is 9.59 Å². The van der Waals surface area contributed by atoms with Crippen LogP contribution in [0.5, 0.6) is 0 Å². The lowest BCUT2D eigenvalue weighted by atomic mass is 10.1. The predicted octanol–water partition coefficient (Wildman–Crippen LogP) is 1.27. The van der Waals surface area contributed by atoms with E-state index < -0.39 is 17.3 Å². The number of H-pyrrole nitrogens is 1. The number of anilines is 1. The first-order chi connectivity index (χ1) is 10.9. The molecule has 3 N–H and O–H groups in total. The highest BCUT2D eigenvalue weighted by Crippen LogP contribution is 2.15. The molecular formula is C16H20N4O3. The van der Waals surface area contributed by atoms with Gasteiger partial charge in [-0.05, 0) is 36.6 Å². The van der Waals surface area contributed by atoms with Crippen molar-refractivity contribution >= 4 is 11.7 Å². The van der Waals surface area contributed by atoms with Crippen LogP contribution in [0.3, 0.4) is 0 Å². The average molecular weight is 316 g/mol. The number of aromatic amines is 1. The fourth-order valence-electron chi connectivity index (χ4n) is 2.26. The van der Waals surface area contributed by atoms with Crippen LogP contribution in [0.15, 0.2) is 34.0 Å². The van der Waals surface area contributed by atoms with Crippen LogP contribution in [-0.2, 0) is 20.0 Å². The summed E-state index contributed by atoms with van der Waals surface area (Å²) in [6.45, 7) is 4.10. The number of hydrogen-bond acceptors (Lipinski definition) is 3. The van der Waals surface area contributed by atoms with E-state index in [0.717, 1.165) is 12.0 Å².